The molecule has 1 amide bonds. The number of aryl methyl sites for hydroxylation is 1. The average molecular weight is 402 g/mol. The van der Waals surface area contributed by atoms with E-state index in [2.05, 4.69) is 36.1 Å². The molecule has 5 heteroatoms. The fourth-order valence-electron chi connectivity index (χ4n) is 5.72. The van der Waals surface area contributed by atoms with Crippen molar-refractivity contribution in [3.63, 3.8) is 0 Å². The summed E-state index contributed by atoms with van der Waals surface area (Å²) in [6.45, 7) is 10.2. The summed E-state index contributed by atoms with van der Waals surface area (Å²) in [5, 5.41) is 7.74. The third-order valence-electron chi connectivity index (χ3n) is 7.64. The number of likely N-dealkylation sites (tertiary alicyclic amines) is 1. The Balaban J connectivity index is 1.51. The average Bonchev–Trinajstić information content (AvgIpc) is 3.12. The first-order valence-electron chi connectivity index (χ1n) is 11.9. The van der Waals surface area contributed by atoms with Gasteiger partial charge >= 0.3 is 0 Å². The molecule has 1 aliphatic heterocycles. The summed E-state index contributed by atoms with van der Waals surface area (Å²) in [6, 6.07) is 0. The van der Waals surface area contributed by atoms with Gasteiger partial charge in [0.1, 0.15) is 5.76 Å². The highest BCUT2D eigenvalue weighted by Crippen LogP contribution is 2.38. The van der Waals surface area contributed by atoms with Crippen molar-refractivity contribution >= 4 is 5.91 Å². The standard InChI is InChI=1S/C24H39N3O2/c1-23(2,3)18-10-11-20-19(16-18)21(26-29-20)22(28)25-24(12-6-4-7-13-24)17-27-14-8-5-9-15-27/h18H,4-17H2,1-3H3,(H,25,28)/t18-/m0/s1. The minimum atomic E-state index is -0.101. The Kier molecular flexibility index (Phi) is 6.06. The third kappa shape index (κ3) is 4.70. The molecule has 1 N–H and O–H groups in total. The number of piperidine rings is 1. The van der Waals surface area contributed by atoms with E-state index in [-0.39, 0.29) is 16.9 Å². The number of amides is 1. The van der Waals surface area contributed by atoms with E-state index in [0.29, 0.717) is 11.6 Å². The van der Waals surface area contributed by atoms with Gasteiger partial charge in [-0.3, -0.25) is 4.79 Å². The summed E-state index contributed by atoms with van der Waals surface area (Å²) < 4.78 is 5.62. The van der Waals surface area contributed by atoms with Crippen LogP contribution in [0.5, 0.6) is 0 Å². The second-order valence-electron chi connectivity index (χ2n) is 10.9. The lowest BCUT2D eigenvalue weighted by Gasteiger charge is -2.42. The van der Waals surface area contributed by atoms with E-state index in [9.17, 15) is 4.79 Å². The van der Waals surface area contributed by atoms with E-state index < -0.39 is 0 Å². The lowest BCUT2D eigenvalue weighted by molar-refractivity contribution is 0.0773. The van der Waals surface area contributed by atoms with Crippen LogP contribution < -0.4 is 5.32 Å². The Morgan fingerprint density at radius 1 is 1.14 bits per heavy atom. The van der Waals surface area contributed by atoms with Crippen LogP contribution >= 0.6 is 0 Å². The molecule has 0 spiro atoms. The number of hydrogen-bond donors (Lipinski definition) is 1. The maximum atomic E-state index is 13.4. The minimum absolute atomic E-state index is 0.0107. The molecule has 2 aliphatic carbocycles. The molecule has 1 saturated carbocycles. The van der Waals surface area contributed by atoms with Gasteiger partial charge in [0, 0.05) is 18.5 Å². The Morgan fingerprint density at radius 2 is 1.83 bits per heavy atom. The molecule has 0 aromatic carbocycles. The van der Waals surface area contributed by atoms with Crippen LogP contribution in [0.15, 0.2) is 4.52 Å². The summed E-state index contributed by atoms with van der Waals surface area (Å²) >= 11 is 0. The van der Waals surface area contributed by atoms with Gasteiger partial charge in [-0.1, -0.05) is 51.6 Å². The molecule has 2 fully saturated rings. The first kappa shape index (κ1) is 20.9. The zero-order valence-electron chi connectivity index (χ0n) is 18.7. The van der Waals surface area contributed by atoms with Crippen LogP contribution in [0.25, 0.3) is 0 Å². The van der Waals surface area contributed by atoms with Gasteiger partial charge in [-0.25, -0.2) is 0 Å². The Hall–Kier alpha value is -1.36. The van der Waals surface area contributed by atoms with Crippen molar-refractivity contribution < 1.29 is 9.32 Å². The lowest BCUT2D eigenvalue weighted by Crippen LogP contribution is -2.57. The molecule has 1 atom stereocenters. The number of rotatable bonds is 4. The van der Waals surface area contributed by atoms with Gasteiger partial charge < -0.3 is 14.7 Å². The van der Waals surface area contributed by atoms with Crippen LogP contribution in [0.3, 0.4) is 0 Å². The van der Waals surface area contributed by atoms with Crippen LogP contribution in [-0.4, -0.2) is 41.1 Å². The van der Waals surface area contributed by atoms with E-state index in [1.54, 1.807) is 0 Å². The monoisotopic (exact) mass is 401 g/mol. The fourth-order valence-corrected chi connectivity index (χ4v) is 5.72. The Morgan fingerprint density at radius 3 is 2.52 bits per heavy atom. The predicted octanol–water partition coefficient (Wildman–Crippen LogP) is 4.74. The van der Waals surface area contributed by atoms with E-state index in [1.807, 2.05) is 0 Å². The summed E-state index contributed by atoms with van der Waals surface area (Å²) in [4.78, 5) is 16.0. The Bertz CT molecular complexity index is 706. The molecule has 1 aromatic rings. The maximum Gasteiger partial charge on any atom is 0.274 e. The molecule has 0 radical (unpaired) electrons. The zero-order chi connectivity index (χ0) is 20.5. The number of nitrogens with one attached hydrogen (secondary N) is 1. The molecule has 162 valence electrons. The predicted molar refractivity (Wildman–Crippen MR) is 115 cm³/mol. The summed E-state index contributed by atoms with van der Waals surface area (Å²) in [6.07, 6.45) is 12.7. The second kappa shape index (κ2) is 8.41. The van der Waals surface area contributed by atoms with Crippen molar-refractivity contribution in [1.29, 1.82) is 0 Å². The number of fused-ring (bicyclic) bond motifs is 1. The number of aromatic nitrogens is 1. The molecule has 1 saturated heterocycles. The molecule has 4 rings (SSSR count). The normalized spacial score (nSPS) is 25.4. The van der Waals surface area contributed by atoms with Gasteiger partial charge in [0.05, 0.1) is 5.54 Å². The largest absolute Gasteiger partial charge is 0.360 e. The number of carbonyl (C=O) groups is 1. The summed E-state index contributed by atoms with van der Waals surface area (Å²) in [7, 11) is 0. The van der Waals surface area contributed by atoms with E-state index >= 15 is 0 Å². The molecule has 3 aliphatic rings. The smallest absolute Gasteiger partial charge is 0.274 e. The highest BCUT2D eigenvalue weighted by molar-refractivity contribution is 5.94. The molecule has 0 unspecified atom stereocenters. The molecule has 2 heterocycles. The van der Waals surface area contributed by atoms with Crippen molar-refractivity contribution in [2.24, 2.45) is 11.3 Å². The van der Waals surface area contributed by atoms with E-state index in [0.717, 1.165) is 50.0 Å². The highest BCUT2D eigenvalue weighted by atomic mass is 16.5. The van der Waals surface area contributed by atoms with Crippen molar-refractivity contribution in [2.45, 2.75) is 96.9 Å². The molecule has 5 nitrogen and oxygen atoms in total. The molecular weight excluding hydrogens is 362 g/mol. The van der Waals surface area contributed by atoms with Crippen LogP contribution in [0.2, 0.25) is 0 Å². The number of carbonyl (C=O) groups excluding carboxylic acids is 1. The van der Waals surface area contributed by atoms with Crippen LogP contribution in [-0.2, 0) is 12.8 Å². The SMILES string of the molecule is CC(C)(C)[C@H]1CCc2onc(C(=O)NC3(CN4CCCCC4)CCCCC3)c2C1. The van der Waals surface area contributed by atoms with Gasteiger partial charge in [-0.05, 0) is 62.9 Å². The number of hydrogen-bond acceptors (Lipinski definition) is 4. The topological polar surface area (TPSA) is 58.4 Å². The molecule has 1 aromatic heterocycles. The van der Waals surface area contributed by atoms with Gasteiger partial charge in [-0.2, -0.15) is 0 Å². The summed E-state index contributed by atoms with van der Waals surface area (Å²) in [5.41, 5.74) is 1.76. The zero-order valence-corrected chi connectivity index (χ0v) is 18.7. The van der Waals surface area contributed by atoms with Crippen molar-refractivity contribution in [3.05, 3.63) is 17.0 Å². The minimum Gasteiger partial charge on any atom is -0.360 e. The molecule has 0 bridgehead atoms. The van der Waals surface area contributed by atoms with Crippen molar-refractivity contribution in [2.75, 3.05) is 19.6 Å². The quantitative estimate of drug-likeness (QED) is 0.791. The van der Waals surface area contributed by atoms with Crippen molar-refractivity contribution in [1.82, 2.24) is 15.4 Å². The Labute approximate surface area is 176 Å². The van der Waals surface area contributed by atoms with Gasteiger partial charge in [0.15, 0.2) is 5.69 Å². The molecular formula is C24H39N3O2. The summed E-state index contributed by atoms with van der Waals surface area (Å²) in [5.74, 6) is 1.49. The van der Waals surface area contributed by atoms with Gasteiger partial charge in [-0.15, -0.1) is 0 Å². The van der Waals surface area contributed by atoms with E-state index in [4.69, 9.17) is 4.52 Å². The second-order valence-corrected chi connectivity index (χ2v) is 10.9. The van der Waals surface area contributed by atoms with Crippen molar-refractivity contribution in [3.8, 4) is 0 Å². The van der Waals surface area contributed by atoms with Crippen LogP contribution in [0.4, 0.5) is 0 Å². The lowest BCUT2D eigenvalue weighted by atomic mass is 9.71. The van der Waals surface area contributed by atoms with E-state index in [1.165, 1.54) is 51.6 Å². The van der Waals surface area contributed by atoms with Crippen LogP contribution in [0.1, 0.15) is 100 Å². The van der Waals surface area contributed by atoms with Crippen LogP contribution in [0, 0.1) is 11.3 Å². The van der Waals surface area contributed by atoms with Gasteiger partial charge in [0.2, 0.25) is 0 Å². The first-order chi connectivity index (χ1) is 13.9. The van der Waals surface area contributed by atoms with Gasteiger partial charge in [0.25, 0.3) is 5.91 Å². The maximum absolute atomic E-state index is 13.4. The first-order valence-corrected chi connectivity index (χ1v) is 11.9. The molecule has 29 heavy (non-hydrogen) atoms. The number of nitrogens with zero attached hydrogens (tertiary/aromatic N) is 2. The fraction of sp³-hybridized carbons (Fsp3) is 0.833. The highest BCUT2D eigenvalue weighted by Gasteiger charge is 2.39. The third-order valence-corrected chi connectivity index (χ3v) is 7.64.